The maximum absolute atomic E-state index is 11.5. The molecular formula is C8H8BrClN2O3S. The summed E-state index contributed by atoms with van der Waals surface area (Å²) in [6.45, 7) is 0. The molecule has 0 aromatic heterocycles. The summed E-state index contributed by atoms with van der Waals surface area (Å²) in [7, 11) is 0. The number of rotatable bonds is 2. The van der Waals surface area contributed by atoms with Gasteiger partial charge in [-0.15, -0.1) is 23.4 Å². The lowest BCUT2D eigenvalue weighted by molar-refractivity contribution is -0.147. The molecule has 8 heteroatoms. The number of nitrogens with two attached hydrogens (primary N) is 1. The molecule has 2 heterocycles. The fraction of sp³-hybridized carbons (Fsp3) is 0.500. The van der Waals surface area contributed by atoms with Gasteiger partial charge in [-0.25, -0.2) is 4.79 Å². The van der Waals surface area contributed by atoms with Crippen molar-refractivity contribution >= 4 is 51.2 Å². The largest absolute Gasteiger partial charge is 0.477 e. The molecule has 0 bridgehead atoms. The molecule has 2 aliphatic rings. The van der Waals surface area contributed by atoms with E-state index in [0.717, 1.165) is 0 Å². The number of alkyl halides is 2. The minimum Gasteiger partial charge on any atom is -0.477 e. The predicted molar refractivity (Wildman–Crippen MR) is 64.3 cm³/mol. The lowest BCUT2D eigenvalue weighted by atomic mass is 10.0. The van der Waals surface area contributed by atoms with Crippen molar-refractivity contribution in [3.63, 3.8) is 0 Å². The van der Waals surface area contributed by atoms with Gasteiger partial charge in [-0.3, -0.25) is 9.69 Å². The van der Waals surface area contributed by atoms with Crippen LogP contribution >= 0.6 is 39.3 Å². The van der Waals surface area contributed by atoms with Gasteiger partial charge in [0.25, 0.3) is 0 Å². The molecule has 88 valence electrons. The Balaban J connectivity index is 2.42. The summed E-state index contributed by atoms with van der Waals surface area (Å²) in [5.41, 5.74) is 6.05. The third kappa shape index (κ3) is 1.66. The van der Waals surface area contributed by atoms with Crippen molar-refractivity contribution < 1.29 is 14.7 Å². The van der Waals surface area contributed by atoms with E-state index in [-0.39, 0.29) is 17.0 Å². The molecule has 2 rings (SSSR count). The number of carboxylic acids is 1. The zero-order chi connectivity index (χ0) is 12.0. The van der Waals surface area contributed by atoms with Gasteiger partial charge < -0.3 is 10.8 Å². The minimum atomic E-state index is -1.15. The predicted octanol–water partition coefficient (Wildman–Crippen LogP) is 0.527. The molecule has 3 N–H and O–H groups in total. The van der Waals surface area contributed by atoms with Gasteiger partial charge in [-0.2, -0.15) is 0 Å². The first kappa shape index (κ1) is 12.2. The molecule has 5 nitrogen and oxygen atoms in total. The monoisotopic (exact) mass is 326 g/mol. The van der Waals surface area contributed by atoms with Gasteiger partial charge in [0.1, 0.15) is 21.4 Å². The Kier molecular flexibility index (Phi) is 3.22. The van der Waals surface area contributed by atoms with Gasteiger partial charge in [0.15, 0.2) is 0 Å². The summed E-state index contributed by atoms with van der Waals surface area (Å²) in [5, 5.41) is 8.83. The fourth-order valence-electron chi connectivity index (χ4n) is 1.71. The molecule has 1 amide bonds. The van der Waals surface area contributed by atoms with Gasteiger partial charge in [0.2, 0.25) is 5.91 Å². The molecule has 1 fully saturated rings. The second-order valence-corrected chi connectivity index (χ2v) is 6.40. The highest BCUT2D eigenvalue weighted by Gasteiger charge is 2.52. The lowest BCUT2D eigenvalue weighted by Crippen LogP contribution is -2.68. The van der Waals surface area contributed by atoms with E-state index >= 15 is 0 Å². The van der Waals surface area contributed by atoms with E-state index in [1.807, 2.05) is 0 Å². The summed E-state index contributed by atoms with van der Waals surface area (Å²) < 4.78 is -0.586. The highest BCUT2D eigenvalue weighted by molar-refractivity contribution is 9.10. The van der Waals surface area contributed by atoms with Gasteiger partial charge >= 0.3 is 5.97 Å². The van der Waals surface area contributed by atoms with Crippen molar-refractivity contribution in [2.24, 2.45) is 5.73 Å². The van der Waals surface area contributed by atoms with Crippen LogP contribution in [0.3, 0.4) is 0 Å². The third-order valence-corrected chi connectivity index (χ3v) is 4.64. The Morgan fingerprint density at radius 2 is 2.38 bits per heavy atom. The van der Waals surface area contributed by atoms with Crippen molar-refractivity contribution in [1.29, 1.82) is 0 Å². The van der Waals surface area contributed by atoms with Crippen LogP contribution < -0.4 is 5.73 Å². The molecule has 16 heavy (non-hydrogen) atoms. The van der Waals surface area contributed by atoms with E-state index in [2.05, 4.69) is 15.9 Å². The number of hydrogen-bond acceptors (Lipinski definition) is 4. The van der Waals surface area contributed by atoms with E-state index < -0.39 is 16.3 Å². The smallest absolute Gasteiger partial charge is 0.352 e. The number of amides is 1. The van der Waals surface area contributed by atoms with Crippen LogP contribution in [0.1, 0.15) is 0 Å². The second kappa shape index (κ2) is 4.21. The fourth-order valence-corrected chi connectivity index (χ4v) is 3.91. The van der Waals surface area contributed by atoms with Crippen molar-refractivity contribution in [1.82, 2.24) is 4.90 Å². The molecule has 1 saturated heterocycles. The summed E-state index contributed by atoms with van der Waals surface area (Å²) >= 11 is 10.4. The lowest BCUT2D eigenvalue weighted by Gasteiger charge is -2.48. The number of halogens is 2. The average molecular weight is 328 g/mol. The number of carbonyl (C=O) groups is 2. The van der Waals surface area contributed by atoms with Crippen LogP contribution in [0.25, 0.3) is 0 Å². The molecule has 2 aliphatic heterocycles. The normalized spacial score (nSPS) is 30.9. The number of thioether (sulfide) groups is 1. The van der Waals surface area contributed by atoms with E-state index in [1.165, 1.54) is 16.7 Å². The molecule has 0 aromatic rings. The number of carboxylic acid groups (broad SMARTS) is 1. The maximum atomic E-state index is 11.5. The van der Waals surface area contributed by atoms with E-state index in [4.69, 9.17) is 22.4 Å². The Morgan fingerprint density at radius 3 is 2.88 bits per heavy atom. The second-order valence-electron chi connectivity index (χ2n) is 3.42. The minimum absolute atomic E-state index is 0.0349. The maximum Gasteiger partial charge on any atom is 0.352 e. The molecule has 0 aliphatic carbocycles. The zero-order valence-electron chi connectivity index (χ0n) is 7.89. The summed E-state index contributed by atoms with van der Waals surface area (Å²) in [6.07, 6.45) is 0. The molecular weight excluding hydrogens is 320 g/mol. The number of nitrogens with zero attached hydrogens (tertiary/aromatic N) is 1. The molecule has 0 saturated carbocycles. The first-order chi connectivity index (χ1) is 7.45. The molecule has 2 unspecified atom stereocenters. The van der Waals surface area contributed by atoms with Crippen LogP contribution in [-0.2, 0) is 9.59 Å². The topological polar surface area (TPSA) is 83.6 Å². The van der Waals surface area contributed by atoms with Crippen molar-refractivity contribution in [2.75, 3.05) is 5.75 Å². The van der Waals surface area contributed by atoms with Crippen LogP contribution in [0.4, 0.5) is 0 Å². The molecule has 0 aromatic carbocycles. The molecule has 0 spiro atoms. The highest BCUT2D eigenvalue weighted by Crippen LogP contribution is 2.41. The van der Waals surface area contributed by atoms with E-state index in [0.29, 0.717) is 11.3 Å². The van der Waals surface area contributed by atoms with E-state index in [9.17, 15) is 9.59 Å². The SMILES string of the molecule is NC1C(=O)N2C(C(=O)O)=C(C(Cl)Br)CS[C@@H]12. The highest BCUT2D eigenvalue weighted by atomic mass is 79.9. The van der Waals surface area contributed by atoms with Crippen LogP contribution in [-0.4, -0.2) is 43.3 Å². The first-order valence-corrected chi connectivity index (χ1v) is 6.80. The van der Waals surface area contributed by atoms with Gasteiger partial charge in [0, 0.05) is 5.75 Å². The van der Waals surface area contributed by atoms with Crippen LogP contribution in [0.15, 0.2) is 11.3 Å². The number of fused-ring (bicyclic) bond motifs is 1. The summed E-state index contributed by atoms with van der Waals surface area (Å²) in [6, 6.07) is -0.606. The summed E-state index contributed by atoms with van der Waals surface area (Å²) in [4.78, 5) is 23.9. The van der Waals surface area contributed by atoms with Gasteiger partial charge in [-0.1, -0.05) is 15.9 Å². The number of β-lactam (4-membered cyclic amide) rings is 1. The zero-order valence-corrected chi connectivity index (χ0v) is 11.1. The number of hydrogen-bond donors (Lipinski definition) is 2. The molecule has 3 atom stereocenters. The number of carbonyl (C=O) groups excluding carboxylic acids is 1. The first-order valence-electron chi connectivity index (χ1n) is 4.40. The Hall–Kier alpha value is -0.240. The third-order valence-electron chi connectivity index (χ3n) is 2.50. The van der Waals surface area contributed by atoms with E-state index in [1.54, 1.807) is 0 Å². The Morgan fingerprint density at radius 1 is 1.75 bits per heavy atom. The number of aliphatic carboxylic acids is 1. The van der Waals surface area contributed by atoms with Crippen molar-refractivity contribution in [3.05, 3.63) is 11.3 Å². The quantitative estimate of drug-likeness (QED) is 0.571. The summed E-state index contributed by atoms with van der Waals surface area (Å²) in [5.74, 6) is -1.05. The van der Waals surface area contributed by atoms with Crippen molar-refractivity contribution in [3.8, 4) is 0 Å². The molecule has 0 radical (unpaired) electrons. The van der Waals surface area contributed by atoms with Gasteiger partial charge in [-0.05, 0) is 5.57 Å². The average Bonchev–Trinajstić information content (AvgIpc) is 2.25. The Labute approximate surface area is 109 Å². The van der Waals surface area contributed by atoms with Gasteiger partial charge in [0.05, 0.1) is 0 Å². The van der Waals surface area contributed by atoms with Crippen LogP contribution in [0.2, 0.25) is 0 Å². The Bertz CT molecular complexity index is 401. The van der Waals surface area contributed by atoms with Crippen LogP contribution in [0, 0.1) is 0 Å². The standard InChI is InChI=1S/C8H8BrClN2O3S/c9-5(10)2-1-16-7-3(11)6(13)12(7)4(2)8(14)15/h3,5,7H,1,11H2,(H,14,15)/t3?,5?,7-/m0/s1. The van der Waals surface area contributed by atoms with Crippen LogP contribution in [0.5, 0.6) is 0 Å². The van der Waals surface area contributed by atoms with Crippen molar-refractivity contribution in [2.45, 2.75) is 15.7 Å².